The fraction of sp³-hybridized carbons (Fsp3) is 0.333. The van der Waals surface area contributed by atoms with Crippen LogP contribution in [0.3, 0.4) is 0 Å². The molecular weight excluding hydrogens is 316 g/mol. The molecule has 0 spiro atoms. The normalized spacial score (nSPS) is 16.4. The van der Waals surface area contributed by atoms with Gasteiger partial charge in [-0.1, -0.05) is 6.07 Å². The van der Waals surface area contributed by atoms with E-state index in [0.29, 0.717) is 0 Å². The molecule has 0 saturated carbocycles. The van der Waals surface area contributed by atoms with Gasteiger partial charge in [-0.05, 0) is 47.2 Å². The van der Waals surface area contributed by atoms with Gasteiger partial charge in [0, 0.05) is 37.9 Å². The Bertz CT molecular complexity index is 594. The van der Waals surface area contributed by atoms with Crippen molar-refractivity contribution in [3.8, 4) is 11.3 Å². The van der Waals surface area contributed by atoms with Crippen LogP contribution in [0.5, 0.6) is 0 Å². The first-order valence-electron chi connectivity index (χ1n) is 6.75. The van der Waals surface area contributed by atoms with Crippen LogP contribution in [0.2, 0.25) is 0 Å². The first-order chi connectivity index (χ1) is 9.72. The number of anilines is 1. The fourth-order valence-electron chi connectivity index (χ4n) is 2.36. The Hall–Kier alpha value is -1.46. The standard InChI is InChI=1S/C15H17BrN4/c1-19-7-9-20(10-8-19)15-11-12(5-6-17-15)13-3-2-4-14(16)18-13/h2-6,11H,7-10H2,1H3. The summed E-state index contributed by atoms with van der Waals surface area (Å²) >= 11 is 3.42. The van der Waals surface area contributed by atoms with Crippen LogP contribution in [-0.2, 0) is 0 Å². The average Bonchev–Trinajstić information content (AvgIpc) is 2.48. The van der Waals surface area contributed by atoms with Gasteiger partial charge < -0.3 is 9.80 Å². The molecule has 0 aliphatic carbocycles. The van der Waals surface area contributed by atoms with E-state index in [0.717, 1.165) is 47.9 Å². The summed E-state index contributed by atoms with van der Waals surface area (Å²) in [5.74, 6) is 1.04. The van der Waals surface area contributed by atoms with Crippen LogP contribution in [0.15, 0.2) is 41.1 Å². The van der Waals surface area contributed by atoms with Crippen molar-refractivity contribution in [2.45, 2.75) is 0 Å². The molecule has 5 heteroatoms. The van der Waals surface area contributed by atoms with Crippen molar-refractivity contribution >= 4 is 21.7 Å². The van der Waals surface area contributed by atoms with Gasteiger partial charge in [-0.15, -0.1) is 0 Å². The maximum absolute atomic E-state index is 4.50. The van der Waals surface area contributed by atoms with E-state index in [-0.39, 0.29) is 0 Å². The van der Waals surface area contributed by atoms with Crippen LogP contribution in [0.1, 0.15) is 0 Å². The quantitative estimate of drug-likeness (QED) is 0.791. The van der Waals surface area contributed by atoms with Crippen LogP contribution in [0, 0.1) is 0 Å². The van der Waals surface area contributed by atoms with E-state index in [1.165, 1.54) is 0 Å². The van der Waals surface area contributed by atoms with Crippen LogP contribution in [-0.4, -0.2) is 48.1 Å². The Morgan fingerprint density at radius 1 is 1.10 bits per heavy atom. The highest BCUT2D eigenvalue weighted by molar-refractivity contribution is 9.10. The molecule has 0 radical (unpaired) electrons. The zero-order chi connectivity index (χ0) is 13.9. The molecule has 4 nitrogen and oxygen atoms in total. The van der Waals surface area contributed by atoms with E-state index in [9.17, 15) is 0 Å². The smallest absolute Gasteiger partial charge is 0.129 e. The first-order valence-corrected chi connectivity index (χ1v) is 7.54. The molecule has 20 heavy (non-hydrogen) atoms. The number of hydrogen-bond acceptors (Lipinski definition) is 4. The third kappa shape index (κ3) is 2.99. The number of likely N-dealkylation sites (N-methyl/N-ethyl adjacent to an activating group) is 1. The van der Waals surface area contributed by atoms with Gasteiger partial charge in [-0.2, -0.15) is 0 Å². The highest BCUT2D eigenvalue weighted by Crippen LogP contribution is 2.23. The largest absolute Gasteiger partial charge is 0.354 e. The summed E-state index contributed by atoms with van der Waals surface area (Å²) in [6.07, 6.45) is 1.87. The molecule has 2 aromatic heterocycles. The maximum Gasteiger partial charge on any atom is 0.129 e. The van der Waals surface area contributed by atoms with Crippen molar-refractivity contribution in [2.75, 3.05) is 38.1 Å². The molecule has 104 valence electrons. The topological polar surface area (TPSA) is 32.3 Å². The molecule has 0 aromatic carbocycles. The van der Waals surface area contributed by atoms with Gasteiger partial charge in [-0.25, -0.2) is 9.97 Å². The third-order valence-corrected chi connectivity index (χ3v) is 4.03. The zero-order valence-electron chi connectivity index (χ0n) is 11.5. The molecule has 1 fully saturated rings. The van der Waals surface area contributed by atoms with E-state index in [1.807, 2.05) is 30.5 Å². The summed E-state index contributed by atoms with van der Waals surface area (Å²) in [7, 11) is 2.16. The number of rotatable bonds is 2. The second kappa shape index (κ2) is 5.89. The summed E-state index contributed by atoms with van der Waals surface area (Å²) in [6, 6.07) is 10.1. The van der Waals surface area contributed by atoms with Gasteiger partial charge in [0.2, 0.25) is 0 Å². The molecular formula is C15H17BrN4. The van der Waals surface area contributed by atoms with Gasteiger partial charge in [-0.3, -0.25) is 0 Å². The molecule has 0 amide bonds. The van der Waals surface area contributed by atoms with Gasteiger partial charge in [0.15, 0.2) is 0 Å². The van der Waals surface area contributed by atoms with Crippen molar-refractivity contribution in [1.29, 1.82) is 0 Å². The average molecular weight is 333 g/mol. The Labute approximate surface area is 127 Å². The lowest BCUT2D eigenvalue weighted by Crippen LogP contribution is -2.44. The predicted molar refractivity (Wildman–Crippen MR) is 84.9 cm³/mol. The first kappa shape index (κ1) is 13.5. The minimum Gasteiger partial charge on any atom is -0.354 e. The molecule has 0 bridgehead atoms. The lowest BCUT2D eigenvalue weighted by atomic mass is 10.1. The molecule has 1 saturated heterocycles. The summed E-state index contributed by atoms with van der Waals surface area (Å²) in [5, 5.41) is 0. The van der Waals surface area contributed by atoms with Crippen molar-refractivity contribution in [3.63, 3.8) is 0 Å². The SMILES string of the molecule is CN1CCN(c2cc(-c3cccc(Br)n3)ccn2)CC1. The van der Waals surface area contributed by atoms with E-state index < -0.39 is 0 Å². The Kier molecular flexibility index (Phi) is 3.98. The van der Waals surface area contributed by atoms with Crippen LogP contribution >= 0.6 is 15.9 Å². The van der Waals surface area contributed by atoms with E-state index in [1.54, 1.807) is 0 Å². The minimum atomic E-state index is 0.855. The molecule has 3 heterocycles. The lowest BCUT2D eigenvalue weighted by Gasteiger charge is -2.33. The summed E-state index contributed by atoms with van der Waals surface area (Å²) in [5.41, 5.74) is 2.08. The molecule has 0 atom stereocenters. The lowest BCUT2D eigenvalue weighted by molar-refractivity contribution is 0.312. The second-order valence-corrected chi connectivity index (χ2v) is 5.85. The highest BCUT2D eigenvalue weighted by Gasteiger charge is 2.15. The number of piperazine rings is 1. The number of pyridine rings is 2. The zero-order valence-corrected chi connectivity index (χ0v) is 13.0. The van der Waals surface area contributed by atoms with Gasteiger partial charge >= 0.3 is 0 Å². The van der Waals surface area contributed by atoms with Crippen molar-refractivity contribution in [1.82, 2.24) is 14.9 Å². The van der Waals surface area contributed by atoms with Crippen molar-refractivity contribution < 1.29 is 0 Å². The highest BCUT2D eigenvalue weighted by atomic mass is 79.9. The minimum absolute atomic E-state index is 0.855. The number of hydrogen-bond donors (Lipinski definition) is 0. The van der Waals surface area contributed by atoms with E-state index in [2.05, 4.69) is 48.8 Å². The molecule has 3 rings (SSSR count). The number of nitrogens with zero attached hydrogens (tertiary/aromatic N) is 4. The number of halogens is 1. The Morgan fingerprint density at radius 3 is 2.65 bits per heavy atom. The van der Waals surface area contributed by atoms with Crippen LogP contribution in [0.4, 0.5) is 5.82 Å². The predicted octanol–water partition coefficient (Wildman–Crippen LogP) is 2.66. The molecule has 1 aliphatic rings. The van der Waals surface area contributed by atoms with Crippen LogP contribution in [0.25, 0.3) is 11.3 Å². The Morgan fingerprint density at radius 2 is 1.90 bits per heavy atom. The molecule has 1 aliphatic heterocycles. The van der Waals surface area contributed by atoms with Gasteiger partial charge in [0.05, 0.1) is 5.69 Å². The Balaban J connectivity index is 1.86. The van der Waals surface area contributed by atoms with Gasteiger partial charge in [0.25, 0.3) is 0 Å². The number of aromatic nitrogens is 2. The van der Waals surface area contributed by atoms with Gasteiger partial charge in [0.1, 0.15) is 10.4 Å². The molecule has 2 aromatic rings. The third-order valence-electron chi connectivity index (χ3n) is 3.58. The summed E-state index contributed by atoms with van der Waals surface area (Å²) in [4.78, 5) is 13.7. The maximum atomic E-state index is 4.50. The monoisotopic (exact) mass is 332 g/mol. The summed E-state index contributed by atoms with van der Waals surface area (Å²) in [6.45, 7) is 4.22. The van der Waals surface area contributed by atoms with Crippen molar-refractivity contribution in [3.05, 3.63) is 41.1 Å². The second-order valence-electron chi connectivity index (χ2n) is 5.04. The van der Waals surface area contributed by atoms with E-state index in [4.69, 9.17) is 0 Å². The van der Waals surface area contributed by atoms with Crippen LogP contribution < -0.4 is 4.90 Å². The van der Waals surface area contributed by atoms with E-state index >= 15 is 0 Å². The van der Waals surface area contributed by atoms with Crippen molar-refractivity contribution in [2.24, 2.45) is 0 Å². The fourth-order valence-corrected chi connectivity index (χ4v) is 2.70. The molecule has 0 unspecified atom stereocenters. The summed E-state index contributed by atoms with van der Waals surface area (Å²) < 4.78 is 0.855. The molecule has 0 N–H and O–H groups in total.